The molecule has 0 saturated carbocycles. The lowest BCUT2D eigenvalue weighted by atomic mass is 9.83. The zero-order valence-electron chi connectivity index (χ0n) is 15.5. The molecule has 0 unspecified atom stereocenters. The van der Waals surface area contributed by atoms with Crippen molar-refractivity contribution < 1.29 is 9.90 Å². The van der Waals surface area contributed by atoms with Crippen LogP contribution in [0.15, 0.2) is 60.7 Å². The summed E-state index contributed by atoms with van der Waals surface area (Å²) in [6.07, 6.45) is -0.0615. The van der Waals surface area contributed by atoms with E-state index in [0.29, 0.717) is 12.1 Å². The maximum Gasteiger partial charge on any atom is 0.404 e. The van der Waals surface area contributed by atoms with Gasteiger partial charge in [-0.05, 0) is 17.5 Å². The molecule has 7 heteroatoms. The van der Waals surface area contributed by atoms with Gasteiger partial charge in [0.2, 0.25) is 0 Å². The number of nitrogens with zero attached hydrogens (tertiary/aromatic N) is 1. The molecule has 2 aromatic rings. The molecule has 0 spiro atoms. The summed E-state index contributed by atoms with van der Waals surface area (Å²) in [5.41, 5.74) is 2.61. The molecular weight excluding hydrogens is 397 g/mol. The summed E-state index contributed by atoms with van der Waals surface area (Å²) in [5.74, 6) is 0.260. The van der Waals surface area contributed by atoms with Crippen LogP contribution in [0, 0.1) is 0 Å². The van der Waals surface area contributed by atoms with Gasteiger partial charge < -0.3 is 15.7 Å². The zero-order valence-corrected chi connectivity index (χ0v) is 17.2. The third-order valence-corrected chi connectivity index (χ3v) is 5.65. The number of amides is 1. The van der Waals surface area contributed by atoms with Crippen LogP contribution in [-0.2, 0) is 0 Å². The van der Waals surface area contributed by atoms with Gasteiger partial charge in [-0.3, -0.25) is 4.90 Å². The van der Waals surface area contributed by atoms with E-state index >= 15 is 0 Å². The first-order valence-corrected chi connectivity index (χ1v) is 9.28. The molecule has 28 heavy (non-hydrogen) atoms. The predicted octanol–water partition coefficient (Wildman–Crippen LogP) is 3.34. The van der Waals surface area contributed by atoms with Crippen LogP contribution in [0.3, 0.4) is 0 Å². The van der Waals surface area contributed by atoms with Crippen LogP contribution in [0.2, 0.25) is 0 Å². The summed E-state index contributed by atoms with van der Waals surface area (Å²) >= 11 is 0. The minimum Gasteiger partial charge on any atom is -0.465 e. The van der Waals surface area contributed by atoms with Crippen LogP contribution in [0.25, 0.3) is 0 Å². The Morgan fingerprint density at radius 1 is 1.00 bits per heavy atom. The normalized spacial score (nSPS) is 24.0. The predicted molar refractivity (Wildman–Crippen MR) is 116 cm³/mol. The summed E-state index contributed by atoms with van der Waals surface area (Å²) in [6.45, 7) is 2.61. The van der Waals surface area contributed by atoms with Gasteiger partial charge in [0, 0.05) is 43.7 Å². The highest BCUT2D eigenvalue weighted by Crippen LogP contribution is 2.35. The smallest absolute Gasteiger partial charge is 0.404 e. The molecule has 0 bridgehead atoms. The molecule has 152 valence electrons. The fourth-order valence-electron chi connectivity index (χ4n) is 4.61. The van der Waals surface area contributed by atoms with E-state index in [1.54, 1.807) is 0 Å². The van der Waals surface area contributed by atoms with E-state index in [9.17, 15) is 4.79 Å². The van der Waals surface area contributed by atoms with Gasteiger partial charge >= 0.3 is 6.09 Å². The van der Waals surface area contributed by atoms with Gasteiger partial charge in [0.15, 0.2) is 0 Å². The number of benzene rings is 2. The van der Waals surface area contributed by atoms with Gasteiger partial charge in [0.1, 0.15) is 0 Å². The number of rotatable bonds is 4. The van der Waals surface area contributed by atoms with Crippen molar-refractivity contribution in [3.63, 3.8) is 0 Å². The Morgan fingerprint density at radius 2 is 1.57 bits per heavy atom. The Bertz CT molecular complexity index is 708. The van der Waals surface area contributed by atoms with Gasteiger partial charge in [0.25, 0.3) is 0 Å². The van der Waals surface area contributed by atoms with Crippen LogP contribution in [-0.4, -0.2) is 53.9 Å². The second-order valence-corrected chi connectivity index (χ2v) is 7.26. The number of nitrogens with one attached hydrogen (secondary N) is 2. The van der Waals surface area contributed by atoms with Crippen molar-refractivity contribution >= 4 is 30.9 Å². The number of hydrogen-bond acceptors (Lipinski definition) is 3. The maximum atomic E-state index is 11.1. The number of hydrogen-bond donors (Lipinski definition) is 3. The molecule has 4 rings (SSSR count). The van der Waals surface area contributed by atoms with E-state index in [-0.39, 0.29) is 36.8 Å². The highest BCUT2D eigenvalue weighted by atomic mass is 35.5. The summed E-state index contributed by atoms with van der Waals surface area (Å²) in [7, 11) is 0. The highest BCUT2D eigenvalue weighted by Gasteiger charge is 2.42. The lowest BCUT2D eigenvalue weighted by Crippen LogP contribution is -2.57. The molecule has 3 atom stereocenters. The van der Waals surface area contributed by atoms with Crippen molar-refractivity contribution in [2.75, 3.05) is 19.6 Å². The number of halogens is 2. The van der Waals surface area contributed by atoms with Gasteiger partial charge in [0.05, 0.1) is 0 Å². The molecule has 2 saturated heterocycles. The molecule has 5 nitrogen and oxygen atoms in total. The molecule has 0 aliphatic carbocycles. The molecule has 3 N–H and O–H groups in total. The lowest BCUT2D eigenvalue weighted by Gasteiger charge is -2.42. The van der Waals surface area contributed by atoms with Crippen LogP contribution < -0.4 is 10.6 Å². The van der Waals surface area contributed by atoms with E-state index in [0.717, 1.165) is 26.1 Å². The van der Waals surface area contributed by atoms with Crippen molar-refractivity contribution in [2.24, 2.45) is 0 Å². The molecule has 2 aromatic carbocycles. The number of carbonyl (C=O) groups is 1. The molecule has 2 aliphatic rings. The van der Waals surface area contributed by atoms with Crippen molar-refractivity contribution in [1.82, 2.24) is 15.5 Å². The van der Waals surface area contributed by atoms with Gasteiger partial charge in [-0.15, -0.1) is 24.8 Å². The fraction of sp³-hybridized carbons (Fsp3) is 0.381. The average molecular weight is 424 g/mol. The summed E-state index contributed by atoms with van der Waals surface area (Å²) < 4.78 is 0. The second-order valence-electron chi connectivity index (χ2n) is 7.26. The first-order chi connectivity index (χ1) is 12.7. The van der Waals surface area contributed by atoms with Crippen molar-refractivity contribution in [1.29, 1.82) is 0 Å². The third-order valence-electron chi connectivity index (χ3n) is 5.65. The highest BCUT2D eigenvalue weighted by molar-refractivity contribution is 5.85. The van der Waals surface area contributed by atoms with E-state index in [4.69, 9.17) is 5.11 Å². The quantitative estimate of drug-likeness (QED) is 0.705. The van der Waals surface area contributed by atoms with Gasteiger partial charge in [-0.1, -0.05) is 60.7 Å². The first kappa shape index (κ1) is 22.5. The van der Waals surface area contributed by atoms with Crippen molar-refractivity contribution in [3.8, 4) is 0 Å². The molecular formula is C21H27Cl2N3O2. The number of carboxylic acid groups (broad SMARTS) is 1. The molecule has 0 radical (unpaired) electrons. The van der Waals surface area contributed by atoms with E-state index in [1.807, 2.05) is 0 Å². The lowest BCUT2D eigenvalue weighted by molar-refractivity contribution is 0.123. The third kappa shape index (κ3) is 4.78. The van der Waals surface area contributed by atoms with Crippen LogP contribution in [0.4, 0.5) is 4.79 Å². The van der Waals surface area contributed by atoms with E-state index in [2.05, 4.69) is 76.2 Å². The number of piperazine rings is 1. The Hall–Kier alpha value is -1.79. The molecule has 1 amide bonds. The summed E-state index contributed by atoms with van der Waals surface area (Å²) in [6, 6.07) is 22.0. The summed E-state index contributed by atoms with van der Waals surface area (Å²) in [5, 5.41) is 15.4. The van der Waals surface area contributed by atoms with E-state index in [1.165, 1.54) is 11.1 Å². The minimum absolute atomic E-state index is 0. The molecule has 2 fully saturated rings. The monoisotopic (exact) mass is 423 g/mol. The Balaban J connectivity index is 0.00000140. The first-order valence-electron chi connectivity index (χ1n) is 9.28. The van der Waals surface area contributed by atoms with Crippen molar-refractivity contribution in [2.45, 2.75) is 30.5 Å². The Morgan fingerprint density at radius 3 is 2.11 bits per heavy atom. The molecule has 2 heterocycles. The Kier molecular flexibility index (Phi) is 8.13. The zero-order chi connectivity index (χ0) is 17.9. The molecule has 2 aliphatic heterocycles. The Labute approximate surface area is 178 Å². The summed E-state index contributed by atoms with van der Waals surface area (Å²) in [4.78, 5) is 13.6. The molecule has 0 aromatic heterocycles. The maximum absolute atomic E-state index is 11.1. The van der Waals surface area contributed by atoms with Crippen molar-refractivity contribution in [3.05, 3.63) is 71.8 Å². The second kappa shape index (κ2) is 10.1. The fourth-order valence-corrected chi connectivity index (χ4v) is 4.61. The topological polar surface area (TPSA) is 64.6 Å². The van der Waals surface area contributed by atoms with Gasteiger partial charge in [-0.25, -0.2) is 4.79 Å². The number of fused-ring (bicyclic) bond motifs is 1. The van der Waals surface area contributed by atoms with Crippen LogP contribution in [0.5, 0.6) is 0 Å². The minimum atomic E-state index is -0.929. The van der Waals surface area contributed by atoms with Crippen LogP contribution >= 0.6 is 24.8 Å². The largest absolute Gasteiger partial charge is 0.465 e. The van der Waals surface area contributed by atoms with Crippen LogP contribution in [0.1, 0.15) is 23.5 Å². The SMILES string of the molecule is Cl.Cl.O=C(O)N[C@H]1C[C@H]2CNC[C@@H](C(c3ccccc3)c3ccccc3)N2C1. The van der Waals surface area contributed by atoms with E-state index < -0.39 is 6.09 Å². The standard InChI is InChI=1S/C21H25N3O2.2ClH/c25-21(26)23-17-11-18-12-22-13-19(24(18)14-17)20(15-7-3-1-4-8-15)16-9-5-2-6-10-16;;/h1-10,17-20,22-23H,11-14H2,(H,25,26);2*1H/t17-,18-,19-;;/m0../s1. The van der Waals surface area contributed by atoms with Gasteiger partial charge in [-0.2, -0.15) is 0 Å². The average Bonchev–Trinajstić information content (AvgIpc) is 3.06.